The summed E-state index contributed by atoms with van der Waals surface area (Å²) in [4.78, 5) is 1.22. The van der Waals surface area contributed by atoms with Crippen molar-refractivity contribution < 1.29 is 14.2 Å². The quantitative estimate of drug-likeness (QED) is 0.455. The molecule has 0 unspecified atom stereocenters. The lowest BCUT2D eigenvalue weighted by Crippen LogP contribution is -2.33. The fourth-order valence-corrected chi connectivity index (χ4v) is 4.89. The Bertz CT molecular complexity index is 1200. The highest BCUT2D eigenvalue weighted by Crippen LogP contribution is 2.48. The van der Waals surface area contributed by atoms with Gasteiger partial charge in [0.05, 0.1) is 11.8 Å². The van der Waals surface area contributed by atoms with Crippen molar-refractivity contribution in [1.29, 1.82) is 0 Å². The molecule has 5 nitrogen and oxygen atoms in total. The molecule has 2 atom stereocenters. The molecule has 3 aromatic rings. The van der Waals surface area contributed by atoms with Gasteiger partial charge in [0, 0.05) is 33.0 Å². The van der Waals surface area contributed by atoms with Gasteiger partial charge in [-0.3, -0.25) is 0 Å². The van der Waals surface area contributed by atoms with Gasteiger partial charge in [-0.15, -0.1) is 11.8 Å². The van der Waals surface area contributed by atoms with Crippen LogP contribution in [-0.2, 0) is 0 Å². The number of benzene rings is 3. The molecule has 31 heavy (non-hydrogen) atoms. The van der Waals surface area contributed by atoms with E-state index in [-0.39, 0.29) is 19.1 Å². The van der Waals surface area contributed by atoms with E-state index in [4.69, 9.17) is 30.9 Å². The van der Waals surface area contributed by atoms with Gasteiger partial charge < -0.3 is 14.2 Å². The van der Waals surface area contributed by atoms with Crippen molar-refractivity contribution >= 4 is 29.1 Å². The molecule has 3 heterocycles. The molecule has 0 radical (unpaired) electrons. The Morgan fingerprint density at radius 3 is 2.61 bits per heavy atom. The first kappa shape index (κ1) is 18.9. The first-order valence-corrected chi connectivity index (χ1v) is 11.7. The minimum Gasteiger partial charge on any atom is -0.464 e. The van der Waals surface area contributed by atoms with Gasteiger partial charge in [-0.2, -0.15) is 5.10 Å². The van der Waals surface area contributed by atoms with Crippen LogP contribution in [0.2, 0.25) is 5.02 Å². The number of rotatable bonds is 3. The lowest BCUT2D eigenvalue weighted by molar-refractivity contribution is -0.0190. The average Bonchev–Trinajstić information content (AvgIpc) is 3.45. The molecule has 0 fully saturated rings. The third-order valence-corrected chi connectivity index (χ3v) is 6.84. The Labute approximate surface area is 189 Å². The summed E-state index contributed by atoms with van der Waals surface area (Å²) in [5.41, 5.74) is 4.15. The maximum absolute atomic E-state index is 6.43. The Hall–Kier alpha value is -2.83. The van der Waals surface area contributed by atoms with Gasteiger partial charge in [-0.25, -0.2) is 5.01 Å². The van der Waals surface area contributed by atoms with E-state index < -0.39 is 0 Å². The molecule has 0 aromatic heterocycles. The first-order valence-electron chi connectivity index (χ1n) is 10.1. The van der Waals surface area contributed by atoms with Gasteiger partial charge in [-0.1, -0.05) is 23.7 Å². The largest absolute Gasteiger partial charge is 0.464 e. The number of hydrogen-bond acceptors (Lipinski definition) is 6. The monoisotopic (exact) mass is 450 g/mol. The Morgan fingerprint density at radius 1 is 0.968 bits per heavy atom. The highest BCUT2D eigenvalue weighted by molar-refractivity contribution is 7.98. The van der Waals surface area contributed by atoms with E-state index in [1.54, 1.807) is 11.8 Å². The molecule has 0 bridgehead atoms. The molecule has 3 aromatic carbocycles. The smallest absolute Gasteiger partial charge is 0.231 e. The van der Waals surface area contributed by atoms with Crippen molar-refractivity contribution in [3.63, 3.8) is 0 Å². The predicted octanol–water partition coefficient (Wildman–Crippen LogP) is 6.03. The summed E-state index contributed by atoms with van der Waals surface area (Å²) < 4.78 is 17.4. The summed E-state index contributed by atoms with van der Waals surface area (Å²) in [6.07, 6.45) is 2.53. The van der Waals surface area contributed by atoms with Crippen LogP contribution in [0.15, 0.2) is 70.7 Å². The number of ether oxygens (including phenoxy) is 3. The van der Waals surface area contributed by atoms with Crippen molar-refractivity contribution in [3.05, 3.63) is 82.4 Å². The molecule has 7 heteroatoms. The van der Waals surface area contributed by atoms with E-state index in [0.717, 1.165) is 46.1 Å². The number of nitrogens with zero attached hydrogens (tertiary/aromatic N) is 2. The summed E-state index contributed by atoms with van der Waals surface area (Å²) in [6, 6.07) is 20.3. The molecule has 0 saturated carbocycles. The van der Waals surface area contributed by atoms with Gasteiger partial charge in [-0.05, 0) is 54.8 Å². The zero-order valence-electron chi connectivity index (χ0n) is 16.7. The molecule has 0 saturated heterocycles. The van der Waals surface area contributed by atoms with Gasteiger partial charge in [0.25, 0.3) is 0 Å². The molecule has 0 amide bonds. The van der Waals surface area contributed by atoms with Crippen LogP contribution in [-0.4, -0.2) is 23.8 Å². The molecule has 0 spiro atoms. The van der Waals surface area contributed by atoms with E-state index in [9.17, 15) is 0 Å². The SMILES string of the molecule is CSc1ccc([C@H]2Oc3ccc(Cl)cc3[C@@H]3CC(c4ccc5c(c4)OCO5)=NN23)cc1. The summed E-state index contributed by atoms with van der Waals surface area (Å²) in [7, 11) is 0. The van der Waals surface area contributed by atoms with Crippen molar-refractivity contribution in [2.45, 2.75) is 23.6 Å². The van der Waals surface area contributed by atoms with Crippen LogP contribution in [0.1, 0.15) is 35.4 Å². The molecule has 3 aliphatic heterocycles. The minimum atomic E-state index is -0.305. The molecular weight excluding hydrogens is 432 g/mol. The van der Waals surface area contributed by atoms with E-state index in [1.165, 1.54) is 4.90 Å². The Morgan fingerprint density at radius 2 is 1.77 bits per heavy atom. The molecule has 156 valence electrons. The summed E-state index contributed by atoms with van der Waals surface area (Å²) >= 11 is 8.05. The zero-order valence-corrected chi connectivity index (χ0v) is 18.3. The van der Waals surface area contributed by atoms with E-state index in [2.05, 4.69) is 35.5 Å². The lowest BCUT2D eigenvalue weighted by Gasteiger charge is -2.38. The molecule has 6 rings (SSSR count). The highest BCUT2D eigenvalue weighted by Gasteiger charge is 2.41. The second-order valence-electron chi connectivity index (χ2n) is 7.64. The predicted molar refractivity (Wildman–Crippen MR) is 121 cm³/mol. The standard InChI is InChI=1S/C24H19ClN2O3S/c1-31-17-6-2-14(3-7-17)24-27-20(18-11-16(25)5-9-21(18)30-24)12-19(26-27)15-4-8-22-23(10-15)29-13-28-22/h2-11,20,24H,12-13H2,1H3/t20-,24+/m0/s1. The van der Waals surface area contributed by atoms with Crippen molar-refractivity contribution in [2.24, 2.45) is 5.10 Å². The van der Waals surface area contributed by atoms with Crippen LogP contribution in [0.4, 0.5) is 0 Å². The van der Waals surface area contributed by atoms with Gasteiger partial charge in [0.2, 0.25) is 13.0 Å². The fraction of sp³-hybridized carbons (Fsp3) is 0.208. The van der Waals surface area contributed by atoms with Crippen LogP contribution >= 0.6 is 23.4 Å². The minimum absolute atomic E-state index is 0.0492. The van der Waals surface area contributed by atoms with Gasteiger partial charge in [0.15, 0.2) is 11.5 Å². The van der Waals surface area contributed by atoms with Crippen molar-refractivity contribution in [2.75, 3.05) is 13.0 Å². The second kappa shape index (κ2) is 7.39. The van der Waals surface area contributed by atoms with Gasteiger partial charge >= 0.3 is 0 Å². The number of fused-ring (bicyclic) bond motifs is 4. The van der Waals surface area contributed by atoms with E-state index >= 15 is 0 Å². The Kier molecular flexibility index (Phi) is 4.51. The summed E-state index contributed by atoms with van der Waals surface area (Å²) in [5.74, 6) is 2.38. The van der Waals surface area contributed by atoms with E-state index in [1.807, 2.05) is 36.4 Å². The molecule has 0 aliphatic carbocycles. The van der Waals surface area contributed by atoms with Crippen LogP contribution in [0.5, 0.6) is 17.2 Å². The number of halogens is 1. The second-order valence-corrected chi connectivity index (χ2v) is 8.96. The first-order chi connectivity index (χ1) is 15.2. The molecule has 3 aliphatic rings. The van der Waals surface area contributed by atoms with Crippen molar-refractivity contribution in [3.8, 4) is 17.2 Å². The Balaban J connectivity index is 1.42. The normalized spacial score (nSPS) is 20.7. The van der Waals surface area contributed by atoms with Crippen LogP contribution in [0, 0.1) is 0 Å². The number of thioether (sulfide) groups is 1. The third kappa shape index (κ3) is 3.22. The van der Waals surface area contributed by atoms with Crippen LogP contribution < -0.4 is 14.2 Å². The average molecular weight is 451 g/mol. The maximum Gasteiger partial charge on any atom is 0.231 e. The van der Waals surface area contributed by atoms with Crippen LogP contribution in [0.25, 0.3) is 0 Å². The lowest BCUT2D eigenvalue weighted by atomic mass is 9.95. The highest BCUT2D eigenvalue weighted by atomic mass is 35.5. The maximum atomic E-state index is 6.43. The fourth-order valence-electron chi connectivity index (χ4n) is 4.30. The summed E-state index contributed by atoms with van der Waals surface area (Å²) in [6.45, 7) is 0.258. The molecular formula is C24H19ClN2O3S. The van der Waals surface area contributed by atoms with Gasteiger partial charge in [0.1, 0.15) is 5.75 Å². The topological polar surface area (TPSA) is 43.3 Å². The zero-order chi connectivity index (χ0) is 20.9. The van der Waals surface area contributed by atoms with E-state index in [0.29, 0.717) is 5.02 Å². The van der Waals surface area contributed by atoms with Crippen molar-refractivity contribution in [1.82, 2.24) is 5.01 Å². The molecule has 0 N–H and O–H groups in total. The summed E-state index contributed by atoms with van der Waals surface area (Å²) in [5, 5.41) is 7.77. The number of hydrazone groups is 1. The third-order valence-electron chi connectivity index (χ3n) is 5.86. The van der Waals surface area contributed by atoms with Crippen LogP contribution in [0.3, 0.4) is 0 Å². The number of hydrogen-bond donors (Lipinski definition) is 0.